The summed E-state index contributed by atoms with van der Waals surface area (Å²) >= 11 is 0. The molecule has 0 atom stereocenters. The highest BCUT2D eigenvalue weighted by Crippen LogP contribution is 2.27. The molecule has 0 bridgehead atoms. The molecular weight excluding hydrogens is 460 g/mol. The molecule has 0 fully saturated rings. The van der Waals surface area contributed by atoms with E-state index in [1.54, 1.807) is 24.3 Å². The van der Waals surface area contributed by atoms with Crippen LogP contribution in [-0.4, -0.2) is 60.3 Å². The molecule has 0 saturated heterocycles. The number of nitrogens with zero attached hydrogens (tertiary/aromatic N) is 1. The van der Waals surface area contributed by atoms with Crippen LogP contribution in [0.4, 0.5) is 5.69 Å². The van der Waals surface area contributed by atoms with Crippen molar-refractivity contribution >= 4 is 27.7 Å². The highest BCUT2D eigenvalue weighted by Gasteiger charge is 2.17. The van der Waals surface area contributed by atoms with Crippen LogP contribution in [0.25, 0.3) is 11.1 Å². The van der Waals surface area contributed by atoms with Crippen LogP contribution in [0.3, 0.4) is 0 Å². The summed E-state index contributed by atoms with van der Waals surface area (Å²) in [5.74, 6) is -1.89. The number of anilines is 1. The number of hydrogen-bond acceptors (Lipinski definition) is 6. The van der Waals surface area contributed by atoms with E-state index >= 15 is 0 Å². The first-order valence-corrected chi connectivity index (χ1v) is 11.8. The van der Waals surface area contributed by atoms with E-state index < -0.39 is 22.0 Å². The summed E-state index contributed by atoms with van der Waals surface area (Å²) in [5, 5.41) is 22.3. The number of hydrogen-bond donors (Lipinski definition) is 4. The van der Waals surface area contributed by atoms with Crippen molar-refractivity contribution in [3.05, 3.63) is 83.4 Å². The van der Waals surface area contributed by atoms with E-state index in [-0.39, 0.29) is 22.6 Å². The molecule has 3 aromatic rings. The van der Waals surface area contributed by atoms with E-state index in [0.717, 1.165) is 16.7 Å². The summed E-state index contributed by atoms with van der Waals surface area (Å²) in [5.41, 5.74) is 2.76. The summed E-state index contributed by atoms with van der Waals surface area (Å²) in [6.45, 7) is 0.602. The van der Waals surface area contributed by atoms with Gasteiger partial charge in [0, 0.05) is 6.54 Å². The number of carboxylic acids is 1. The Morgan fingerprint density at radius 2 is 1.53 bits per heavy atom. The third-order valence-corrected chi connectivity index (χ3v) is 4.41. The van der Waals surface area contributed by atoms with Crippen molar-refractivity contribution in [1.82, 2.24) is 4.90 Å². The molecule has 0 saturated carbocycles. The second-order valence-electron chi connectivity index (χ2n) is 7.71. The van der Waals surface area contributed by atoms with Crippen LogP contribution in [0.1, 0.15) is 26.3 Å². The molecule has 0 aliphatic heterocycles. The molecule has 0 radical (unpaired) electrons. The molecule has 0 unspecified atom stereocenters. The van der Waals surface area contributed by atoms with E-state index in [9.17, 15) is 28.2 Å². The SMILES string of the molecule is CN(C)Cc1ccc(O)c(C(=O)Nc2cc(-c3ccccc3)ccc2C(=O)O)c1.CS(=O)(=O)O. The Bertz CT molecular complexity index is 1270. The summed E-state index contributed by atoms with van der Waals surface area (Å²) < 4.78 is 25.9. The lowest BCUT2D eigenvalue weighted by Crippen LogP contribution is -2.16. The van der Waals surface area contributed by atoms with Gasteiger partial charge in [0.25, 0.3) is 16.0 Å². The fourth-order valence-electron chi connectivity index (χ4n) is 3.06. The Morgan fingerprint density at radius 1 is 0.912 bits per heavy atom. The average molecular weight is 487 g/mol. The highest BCUT2D eigenvalue weighted by atomic mass is 32.2. The lowest BCUT2D eigenvalue weighted by atomic mass is 10.0. The van der Waals surface area contributed by atoms with Crippen LogP contribution in [0.5, 0.6) is 5.75 Å². The maximum absolute atomic E-state index is 12.8. The second kappa shape index (κ2) is 11.4. The molecule has 0 aliphatic rings. The van der Waals surface area contributed by atoms with Crippen LogP contribution >= 0.6 is 0 Å². The highest BCUT2D eigenvalue weighted by molar-refractivity contribution is 7.85. The monoisotopic (exact) mass is 486 g/mol. The molecule has 0 spiro atoms. The van der Waals surface area contributed by atoms with Crippen LogP contribution in [0, 0.1) is 0 Å². The summed E-state index contributed by atoms with van der Waals surface area (Å²) in [4.78, 5) is 26.4. The minimum absolute atomic E-state index is 0.0260. The maximum atomic E-state index is 12.8. The Balaban J connectivity index is 0.000000739. The van der Waals surface area contributed by atoms with Crippen molar-refractivity contribution in [1.29, 1.82) is 0 Å². The van der Waals surface area contributed by atoms with Crippen molar-refractivity contribution in [2.24, 2.45) is 0 Å². The molecule has 10 heteroatoms. The van der Waals surface area contributed by atoms with Crippen molar-refractivity contribution in [3.63, 3.8) is 0 Å². The normalized spacial score (nSPS) is 10.9. The van der Waals surface area contributed by atoms with Crippen molar-refractivity contribution in [2.45, 2.75) is 6.54 Å². The molecule has 180 valence electrons. The van der Waals surface area contributed by atoms with Gasteiger partial charge >= 0.3 is 5.97 Å². The minimum Gasteiger partial charge on any atom is -0.507 e. The van der Waals surface area contributed by atoms with Gasteiger partial charge in [0.15, 0.2) is 0 Å². The Kier molecular flexibility index (Phi) is 8.90. The number of carbonyl (C=O) groups excluding carboxylic acids is 1. The van der Waals surface area contributed by atoms with Gasteiger partial charge in [0.1, 0.15) is 5.75 Å². The van der Waals surface area contributed by atoms with Crippen LogP contribution < -0.4 is 5.32 Å². The predicted octanol–water partition coefficient (Wildman–Crippen LogP) is 3.58. The van der Waals surface area contributed by atoms with Gasteiger partial charge in [0.2, 0.25) is 0 Å². The number of phenols is 1. The molecule has 34 heavy (non-hydrogen) atoms. The molecule has 3 rings (SSSR count). The van der Waals surface area contributed by atoms with Crippen molar-refractivity contribution in [3.8, 4) is 16.9 Å². The predicted molar refractivity (Wildman–Crippen MR) is 130 cm³/mol. The molecular formula is C24H26N2O7S. The molecule has 4 N–H and O–H groups in total. The zero-order valence-electron chi connectivity index (χ0n) is 18.9. The largest absolute Gasteiger partial charge is 0.507 e. The number of rotatable bonds is 6. The number of aromatic carboxylic acids is 1. The van der Waals surface area contributed by atoms with Gasteiger partial charge in [-0.1, -0.05) is 42.5 Å². The number of carboxylic acid groups (broad SMARTS) is 1. The van der Waals surface area contributed by atoms with Crippen LogP contribution in [0.15, 0.2) is 66.7 Å². The number of benzene rings is 3. The second-order valence-corrected chi connectivity index (χ2v) is 9.17. The standard InChI is InChI=1S/C23H22N2O4.CH4O3S/c1-25(2)14-15-8-11-21(26)19(12-15)22(27)24-20-13-17(9-10-18(20)23(28)29)16-6-4-3-5-7-16;1-5(2,3)4/h3-13,26H,14H2,1-2H3,(H,24,27)(H,28,29);1H3,(H,2,3,4). The summed E-state index contributed by atoms with van der Waals surface area (Å²) in [7, 11) is 0.141. The topological polar surface area (TPSA) is 144 Å². The molecule has 3 aromatic carbocycles. The zero-order valence-corrected chi connectivity index (χ0v) is 19.7. The molecule has 0 aromatic heterocycles. The van der Waals surface area contributed by atoms with Gasteiger partial charge in [0.05, 0.1) is 23.1 Å². The molecule has 1 amide bonds. The Hall–Kier alpha value is -3.73. The summed E-state index contributed by atoms with van der Waals surface area (Å²) in [6, 6.07) is 19.0. The smallest absolute Gasteiger partial charge is 0.337 e. The van der Waals surface area contributed by atoms with E-state index in [0.29, 0.717) is 12.8 Å². The van der Waals surface area contributed by atoms with E-state index in [1.807, 2.05) is 49.3 Å². The Labute approximate surface area is 198 Å². The average Bonchev–Trinajstić information content (AvgIpc) is 2.74. The zero-order chi connectivity index (χ0) is 25.5. The molecule has 9 nitrogen and oxygen atoms in total. The van der Waals surface area contributed by atoms with E-state index in [1.165, 1.54) is 12.1 Å². The lowest BCUT2D eigenvalue weighted by molar-refractivity contribution is 0.0698. The van der Waals surface area contributed by atoms with Gasteiger partial charge < -0.3 is 20.4 Å². The maximum Gasteiger partial charge on any atom is 0.337 e. The first kappa shape index (κ1) is 26.5. The van der Waals surface area contributed by atoms with Crippen LogP contribution in [0.2, 0.25) is 0 Å². The summed E-state index contributed by atoms with van der Waals surface area (Å²) in [6.07, 6.45) is 0.715. The number of aromatic hydroxyl groups is 1. The van der Waals surface area contributed by atoms with Crippen molar-refractivity contribution in [2.75, 3.05) is 25.7 Å². The first-order chi connectivity index (χ1) is 15.8. The van der Waals surface area contributed by atoms with Crippen molar-refractivity contribution < 1.29 is 32.8 Å². The van der Waals surface area contributed by atoms with Gasteiger partial charge in [-0.25, -0.2) is 4.79 Å². The fourth-order valence-corrected chi connectivity index (χ4v) is 3.06. The third kappa shape index (κ3) is 8.32. The van der Waals surface area contributed by atoms with Gasteiger partial charge in [-0.05, 0) is 55.1 Å². The van der Waals surface area contributed by atoms with E-state index in [2.05, 4.69) is 5.32 Å². The number of carbonyl (C=O) groups is 2. The Morgan fingerprint density at radius 3 is 2.09 bits per heavy atom. The lowest BCUT2D eigenvalue weighted by Gasteiger charge is -2.14. The quantitative estimate of drug-likeness (QED) is 0.387. The number of phenolic OH excluding ortho intramolecular Hbond substituents is 1. The molecule has 0 aliphatic carbocycles. The van der Waals surface area contributed by atoms with Gasteiger partial charge in [-0.3, -0.25) is 9.35 Å². The van der Waals surface area contributed by atoms with E-state index in [4.69, 9.17) is 4.55 Å². The third-order valence-electron chi connectivity index (χ3n) is 4.41. The fraction of sp³-hybridized carbons (Fsp3) is 0.167. The van der Waals surface area contributed by atoms with Gasteiger partial charge in [-0.15, -0.1) is 0 Å². The number of amides is 1. The first-order valence-electron chi connectivity index (χ1n) is 9.98. The molecule has 0 heterocycles. The number of nitrogens with one attached hydrogen (secondary N) is 1. The van der Waals surface area contributed by atoms with Gasteiger partial charge in [-0.2, -0.15) is 8.42 Å². The minimum atomic E-state index is -3.67. The van der Waals surface area contributed by atoms with Crippen LogP contribution in [-0.2, 0) is 16.7 Å².